The molecule has 0 bridgehead atoms. The van der Waals surface area contributed by atoms with E-state index >= 15 is 0 Å². The van der Waals surface area contributed by atoms with Gasteiger partial charge in [0.2, 0.25) is 0 Å². The quantitative estimate of drug-likeness (QED) is 0.313. The van der Waals surface area contributed by atoms with Crippen LogP contribution in [0.3, 0.4) is 0 Å². The Bertz CT molecular complexity index is 905. The Labute approximate surface area is 187 Å². The standard InChI is InChI=1S/C19H24ClN7.HI/c1-21-19(26(3)12-18-8-17(20)11-25(18)2)23-9-15-5-4-6-16(7-15)10-27-14-22-13-24-27;/h4-8,11,13-14H,9-10,12H2,1-3H3,(H,21,23);1H. The summed E-state index contributed by atoms with van der Waals surface area (Å²) in [5, 5.41) is 8.31. The van der Waals surface area contributed by atoms with E-state index in [4.69, 9.17) is 11.6 Å². The molecule has 0 radical (unpaired) electrons. The second-order valence-electron chi connectivity index (χ2n) is 6.43. The van der Waals surface area contributed by atoms with Gasteiger partial charge in [0, 0.05) is 39.6 Å². The van der Waals surface area contributed by atoms with Gasteiger partial charge in [0.1, 0.15) is 12.7 Å². The lowest BCUT2D eigenvalue weighted by molar-refractivity contribution is 0.461. The van der Waals surface area contributed by atoms with Gasteiger partial charge in [0.25, 0.3) is 0 Å². The molecule has 2 aromatic heterocycles. The molecular weight excluding hydrogens is 489 g/mol. The Morgan fingerprint density at radius 1 is 1.29 bits per heavy atom. The van der Waals surface area contributed by atoms with E-state index < -0.39 is 0 Å². The second kappa shape index (κ2) is 10.5. The third-order valence-electron chi connectivity index (χ3n) is 4.30. The summed E-state index contributed by atoms with van der Waals surface area (Å²) >= 11 is 6.07. The second-order valence-corrected chi connectivity index (χ2v) is 6.87. The summed E-state index contributed by atoms with van der Waals surface area (Å²) in [4.78, 5) is 10.4. The number of aliphatic imine (C=N–C) groups is 1. The minimum absolute atomic E-state index is 0. The van der Waals surface area contributed by atoms with E-state index in [1.807, 2.05) is 35.6 Å². The van der Waals surface area contributed by atoms with Gasteiger partial charge in [-0.1, -0.05) is 35.9 Å². The third-order valence-corrected chi connectivity index (χ3v) is 4.51. The lowest BCUT2D eigenvalue weighted by atomic mass is 10.1. The molecule has 2 heterocycles. The molecule has 0 aliphatic heterocycles. The zero-order chi connectivity index (χ0) is 19.2. The molecule has 0 amide bonds. The summed E-state index contributed by atoms with van der Waals surface area (Å²) in [6.07, 6.45) is 5.17. The van der Waals surface area contributed by atoms with Crippen LogP contribution >= 0.6 is 35.6 Å². The summed E-state index contributed by atoms with van der Waals surface area (Å²) in [5.74, 6) is 0.828. The largest absolute Gasteiger partial charge is 0.352 e. The number of hydrogen-bond donors (Lipinski definition) is 1. The minimum Gasteiger partial charge on any atom is -0.352 e. The average Bonchev–Trinajstić information content (AvgIpc) is 3.25. The number of benzene rings is 1. The van der Waals surface area contributed by atoms with Crippen molar-refractivity contribution in [2.75, 3.05) is 14.1 Å². The fourth-order valence-corrected chi connectivity index (χ4v) is 3.22. The number of aryl methyl sites for hydroxylation is 1. The van der Waals surface area contributed by atoms with Gasteiger partial charge in [-0.2, -0.15) is 5.10 Å². The van der Waals surface area contributed by atoms with Crippen LogP contribution in [0.5, 0.6) is 0 Å². The molecule has 0 aliphatic rings. The van der Waals surface area contributed by atoms with Crippen LogP contribution in [0.4, 0.5) is 0 Å². The first-order valence-corrected chi connectivity index (χ1v) is 9.05. The normalized spacial score (nSPS) is 11.2. The first-order chi connectivity index (χ1) is 13.0. The molecule has 150 valence electrons. The van der Waals surface area contributed by atoms with Crippen molar-refractivity contribution in [3.63, 3.8) is 0 Å². The lowest BCUT2D eigenvalue weighted by Gasteiger charge is -2.22. The fraction of sp³-hybridized carbons (Fsp3) is 0.316. The first kappa shape index (κ1) is 22.2. The number of rotatable bonds is 6. The monoisotopic (exact) mass is 513 g/mol. The summed E-state index contributed by atoms with van der Waals surface area (Å²) in [5.41, 5.74) is 3.49. The van der Waals surface area contributed by atoms with Gasteiger partial charge in [0.15, 0.2) is 5.96 Å². The van der Waals surface area contributed by atoms with Crippen molar-refractivity contribution in [3.8, 4) is 0 Å². The Balaban J connectivity index is 0.00000280. The smallest absolute Gasteiger partial charge is 0.194 e. The van der Waals surface area contributed by atoms with E-state index in [0.717, 1.165) is 23.2 Å². The van der Waals surface area contributed by atoms with Gasteiger partial charge < -0.3 is 14.8 Å². The van der Waals surface area contributed by atoms with E-state index in [2.05, 4.69) is 49.6 Å². The average molecular weight is 514 g/mol. The van der Waals surface area contributed by atoms with Crippen molar-refractivity contribution in [2.24, 2.45) is 12.0 Å². The van der Waals surface area contributed by atoms with Crippen LogP contribution in [-0.4, -0.2) is 44.3 Å². The molecule has 3 rings (SSSR count). The molecule has 28 heavy (non-hydrogen) atoms. The molecule has 0 atom stereocenters. The summed E-state index contributed by atoms with van der Waals surface area (Å²) in [6.45, 7) is 2.11. The molecule has 1 aromatic carbocycles. The van der Waals surface area contributed by atoms with Crippen molar-refractivity contribution in [3.05, 3.63) is 71.0 Å². The number of halogens is 2. The van der Waals surface area contributed by atoms with Crippen LogP contribution in [0.1, 0.15) is 16.8 Å². The minimum atomic E-state index is 0. The van der Waals surface area contributed by atoms with Crippen molar-refractivity contribution >= 4 is 41.5 Å². The lowest BCUT2D eigenvalue weighted by Crippen LogP contribution is -2.38. The predicted molar refractivity (Wildman–Crippen MR) is 123 cm³/mol. The highest BCUT2D eigenvalue weighted by Crippen LogP contribution is 2.14. The summed E-state index contributed by atoms with van der Waals surface area (Å²) in [6, 6.07) is 10.4. The van der Waals surface area contributed by atoms with Gasteiger partial charge in [-0.25, -0.2) is 9.67 Å². The topological polar surface area (TPSA) is 63.3 Å². The SMILES string of the molecule is CN=C(NCc1cccc(Cn2cncn2)c1)N(C)Cc1cc(Cl)cn1C.I. The van der Waals surface area contributed by atoms with Crippen molar-refractivity contribution in [2.45, 2.75) is 19.6 Å². The van der Waals surface area contributed by atoms with Crippen molar-refractivity contribution in [1.82, 2.24) is 29.5 Å². The molecule has 7 nitrogen and oxygen atoms in total. The van der Waals surface area contributed by atoms with E-state index in [1.165, 1.54) is 11.1 Å². The molecule has 0 aliphatic carbocycles. The predicted octanol–water partition coefficient (Wildman–Crippen LogP) is 3.14. The zero-order valence-corrected chi connectivity index (χ0v) is 19.3. The van der Waals surface area contributed by atoms with Crippen LogP contribution in [0, 0.1) is 0 Å². The van der Waals surface area contributed by atoms with Crippen LogP contribution in [0.2, 0.25) is 5.02 Å². The van der Waals surface area contributed by atoms with Crippen molar-refractivity contribution < 1.29 is 0 Å². The van der Waals surface area contributed by atoms with Crippen LogP contribution < -0.4 is 5.32 Å². The zero-order valence-electron chi connectivity index (χ0n) is 16.2. The Kier molecular flexibility index (Phi) is 8.31. The highest BCUT2D eigenvalue weighted by atomic mass is 127. The van der Waals surface area contributed by atoms with Crippen LogP contribution in [0.25, 0.3) is 0 Å². The van der Waals surface area contributed by atoms with Gasteiger partial charge in [-0.05, 0) is 17.2 Å². The van der Waals surface area contributed by atoms with Crippen LogP contribution in [0.15, 0.2) is 54.2 Å². The number of aromatic nitrogens is 4. The number of hydrogen-bond acceptors (Lipinski definition) is 3. The highest BCUT2D eigenvalue weighted by molar-refractivity contribution is 14.0. The maximum atomic E-state index is 6.07. The van der Waals surface area contributed by atoms with E-state index in [9.17, 15) is 0 Å². The Morgan fingerprint density at radius 2 is 2.07 bits per heavy atom. The molecule has 0 saturated heterocycles. The highest BCUT2D eigenvalue weighted by Gasteiger charge is 2.10. The van der Waals surface area contributed by atoms with Gasteiger partial charge >= 0.3 is 0 Å². The van der Waals surface area contributed by atoms with E-state index in [0.29, 0.717) is 13.1 Å². The van der Waals surface area contributed by atoms with E-state index in [1.54, 1.807) is 19.7 Å². The number of nitrogens with zero attached hydrogens (tertiary/aromatic N) is 6. The van der Waals surface area contributed by atoms with Crippen LogP contribution in [-0.2, 0) is 26.7 Å². The molecular formula is C19H25ClIN7. The summed E-state index contributed by atoms with van der Waals surface area (Å²) < 4.78 is 3.84. The fourth-order valence-electron chi connectivity index (χ4n) is 2.95. The number of guanidine groups is 1. The molecule has 0 saturated carbocycles. The van der Waals surface area contributed by atoms with Crippen molar-refractivity contribution in [1.29, 1.82) is 0 Å². The maximum Gasteiger partial charge on any atom is 0.194 e. The maximum absolute atomic E-state index is 6.07. The molecule has 1 N–H and O–H groups in total. The van der Waals surface area contributed by atoms with Gasteiger partial charge in [0.05, 0.1) is 18.1 Å². The Morgan fingerprint density at radius 3 is 2.71 bits per heavy atom. The first-order valence-electron chi connectivity index (χ1n) is 8.68. The molecule has 9 heteroatoms. The Hall–Kier alpha value is -2.07. The van der Waals surface area contributed by atoms with Gasteiger partial charge in [-0.3, -0.25) is 4.99 Å². The molecule has 0 spiro atoms. The summed E-state index contributed by atoms with van der Waals surface area (Å²) in [7, 11) is 5.79. The molecule has 0 unspecified atom stereocenters. The van der Waals surface area contributed by atoms with E-state index in [-0.39, 0.29) is 24.0 Å². The third kappa shape index (κ3) is 5.96. The molecule has 0 fully saturated rings. The molecule has 3 aromatic rings. The number of nitrogens with one attached hydrogen (secondary N) is 1. The van der Waals surface area contributed by atoms with Gasteiger partial charge in [-0.15, -0.1) is 24.0 Å².